The van der Waals surface area contributed by atoms with Crippen molar-refractivity contribution in [1.82, 2.24) is 9.80 Å². The smallest absolute Gasteiger partial charge is 0.119 e. The van der Waals surface area contributed by atoms with Gasteiger partial charge < -0.3 is 19.6 Å². The summed E-state index contributed by atoms with van der Waals surface area (Å²) >= 11 is 0. The van der Waals surface area contributed by atoms with Gasteiger partial charge in [-0.1, -0.05) is 36.8 Å². The van der Waals surface area contributed by atoms with Crippen LogP contribution in [-0.4, -0.2) is 73.4 Å². The maximum Gasteiger partial charge on any atom is 0.119 e. The van der Waals surface area contributed by atoms with Crippen LogP contribution in [0.1, 0.15) is 24.8 Å². The molecule has 162 valence electrons. The molecule has 0 bridgehead atoms. The summed E-state index contributed by atoms with van der Waals surface area (Å²) in [5.74, 6) is 0.838. The van der Waals surface area contributed by atoms with Gasteiger partial charge in [0, 0.05) is 45.0 Å². The average molecular weight is 410 g/mol. The number of hydrogen-bond donors (Lipinski definition) is 1. The summed E-state index contributed by atoms with van der Waals surface area (Å²) in [5.41, 5.74) is 2.63. The van der Waals surface area contributed by atoms with E-state index in [2.05, 4.69) is 57.2 Å². The third-order valence-electron chi connectivity index (χ3n) is 6.18. The van der Waals surface area contributed by atoms with Crippen molar-refractivity contribution in [2.24, 2.45) is 0 Å². The third kappa shape index (κ3) is 6.21. The Morgan fingerprint density at radius 1 is 0.767 bits per heavy atom. The molecule has 2 aromatic rings. The maximum atomic E-state index is 10.3. The fourth-order valence-electron chi connectivity index (χ4n) is 4.44. The Bertz CT molecular complexity index is 739. The minimum atomic E-state index is -0.427. The molecule has 0 amide bonds. The number of para-hydroxylation sites is 1. The molecule has 5 nitrogen and oxygen atoms in total. The molecule has 2 heterocycles. The van der Waals surface area contributed by atoms with Gasteiger partial charge in [0.25, 0.3) is 0 Å². The molecule has 0 radical (unpaired) electrons. The number of aliphatic hydroxyl groups is 1. The van der Waals surface area contributed by atoms with E-state index in [0.29, 0.717) is 13.2 Å². The molecular formula is C25H35N3O2. The summed E-state index contributed by atoms with van der Waals surface area (Å²) in [6.45, 7) is 8.55. The summed E-state index contributed by atoms with van der Waals surface area (Å²) < 4.78 is 5.82. The lowest BCUT2D eigenvalue weighted by molar-refractivity contribution is 0.0617. The standard InChI is InChI=1S/C25H35N3O2/c29-24(20-26-13-5-2-6-14-26)21-30-25-11-9-22(10-12-25)19-27-15-17-28(18-16-27)23-7-3-1-4-8-23/h1,3-4,7-12,24,29H,2,5-6,13-21H2. The van der Waals surface area contributed by atoms with E-state index in [0.717, 1.165) is 51.6 Å². The first-order valence-electron chi connectivity index (χ1n) is 11.4. The van der Waals surface area contributed by atoms with Crippen LogP contribution in [0.4, 0.5) is 5.69 Å². The van der Waals surface area contributed by atoms with Crippen LogP contribution >= 0.6 is 0 Å². The van der Waals surface area contributed by atoms with Crippen molar-refractivity contribution in [3.63, 3.8) is 0 Å². The number of ether oxygens (including phenoxy) is 1. The highest BCUT2D eigenvalue weighted by atomic mass is 16.5. The van der Waals surface area contributed by atoms with Gasteiger partial charge >= 0.3 is 0 Å². The Labute approximate surface area is 180 Å². The van der Waals surface area contributed by atoms with Crippen LogP contribution in [-0.2, 0) is 6.54 Å². The van der Waals surface area contributed by atoms with E-state index in [1.807, 2.05) is 12.1 Å². The Balaban J connectivity index is 1.18. The molecule has 4 rings (SSSR count). The number of benzene rings is 2. The van der Waals surface area contributed by atoms with Gasteiger partial charge in [-0.05, 0) is 55.8 Å². The van der Waals surface area contributed by atoms with Crippen LogP contribution in [0.15, 0.2) is 54.6 Å². The normalized spacial score (nSPS) is 19.6. The molecule has 1 atom stereocenters. The average Bonchev–Trinajstić information content (AvgIpc) is 2.80. The number of piperidine rings is 1. The highest BCUT2D eigenvalue weighted by Gasteiger charge is 2.17. The van der Waals surface area contributed by atoms with Crippen LogP contribution in [0.25, 0.3) is 0 Å². The largest absolute Gasteiger partial charge is 0.491 e. The number of rotatable bonds is 8. The molecule has 2 saturated heterocycles. The van der Waals surface area contributed by atoms with Crippen molar-refractivity contribution in [2.75, 3.05) is 57.3 Å². The van der Waals surface area contributed by atoms with Gasteiger partial charge in [-0.2, -0.15) is 0 Å². The lowest BCUT2D eigenvalue weighted by atomic mass is 10.1. The monoisotopic (exact) mass is 409 g/mol. The van der Waals surface area contributed by atoms with E-state index in [-0.39, 0.29) is 0 Å². The Kier molecular flexibility index (Phi) is 7.62. The van der Waals surface area contributed by atoms with Crippen LogP contribution in [0.2, 0.25) is 0 Å². The summed E-state index contributed by atoms with van der Waals surface area (Å²) in [6.07, 6.45) is 3.38. The predicted octanol–water partition coefficient (Wildman–Crippen LogP) is 3.23. The topological polar surface area (TPSA) is 39.2 Å². The summed E-state index contributed by atoms with van der Waals surface area (Å²) in [4.78, 5) is 7.32. The van der Waals surface area contributed by atoms with E-state index >= 15 is 0 Å². The fourth-order valence-corrected chi connectivity index (χ4v) is 4.44. The van der Waals surface area contributed by atoms with Crippen molar-refractivity contribution in [2.45, 2.75) is 31.9 Å². The van der Waals surface area contributed by atoms with Crippen LogP contribution < -0.4 is 9.64 Å². The van der Waals surface area contributed by atoms with Crippen molar-refractivity contribution >= 4 is 5.69 Å². The van der Waals surface area contributed by atoms with E-state index in [1.54, 1.807) is 0 Å². The fraction of sp³-hybridized carbons (Fsp3) is 0.520. The first-order valence-corrected chi connectivity index (χ1v) is 11.4. The number of aliphatic hydroxyl groups excluding tert-OH is 1. The van der Waals surface area contributed by atoms with E-state index < -0.39 is 6.10 Å². The van der Waals surface area contributed by atoms with E-state index in [4.69, 9.17) is 4.74 Å². The Morgan fingerprint density at radius 2 is 1.47 bits per heavy atom. The molecule has 30 heavy (non-hydrogen) atoms. The number of anilines is 1. The van der Waals surface area contributed by atoms with Gasteiger partial charge in [0.2, 0.25) is 0 Å². The van der Waals surface area contributed by atoms with Gasteiger partial charge in [0.15, 0.2) is 0 Å². The zero-order valence-corrected chi connectivity index (χ0v) is 18.0. The molecule has 0 aromatic heterocycles. The number of nitrogens with zero attached hydrogens (tertiary/aromatic N) is 3. The molecule has 0 saturated carbocycles. The highest BCUT2D eigenvalue weighted by Crippen LogP contribution is 2.18. The molecule has 5 heteroatoms. The SMILES string of the molecule is OC(COc1ccc(CN2CCN(c3ccccc3)CC2)cc1)CN1CCCCC1. The van der Waals surface area contributed by atoms with Crippen LogP contribution in [0.5, 0.6) is 5.75 Å². The molecule has 2 aliphatic rings. The summed E-state index contributed by atoms with van der Waals surface area (Å²) in [5, 5.41) is 10.3. The Morgan fingerprint density at radius 3 is 2.17 bits per heavy atom. The minimum absolute atomic E-state index is 0.358. The molecule has 2 aliphatic heterocycles. The Hall–Kier alpha value is -2.08. The predicted molar refractivity (Wildman–Crippen MR) is 122 cm³/mol. The van der Waals surface area contributed by atoms with Crippen molar-refractivity contribution in [3.8, 4) is 5.75 Å². The van der Waals surface area contributed by atoms with Crippen molar-refractivity contribution in [3.05, 3.63) is 60.2 Å². The quantitative estimate of drug-likeness (QED) is 0.725. The lowest BCUT2D eigenvalue weighted by Crippen LogP contribution is -2.45. The molecule has 1 unspecified atom stereocenters. The number of hydrogen-bond acceptors (Lipinski definition) is 5. The van der Waals surface area contributed by atoms with E-state index in [1.165, 1.54) is 30.5 Å². The van der Waals surface area contributed by atoms with Crippen LogP contribution in [0.3, 0.4) is 0 Å². The first kappa shape index (κ1) is 21.2. The molecule has 0 spiro atoms. The molecule has 0 aliphatic carbocycles. The maximum absolute atomic E-state index is 10.3. The molecule has 1 N–H and O–H groups in total. The van der Waals surface area contributed by atoms with E-state index in [9.17, 15) is 5.11 Å². The van der Waals surface area contributed by atoms with Crippen molar-refractivity contribution < 1.29 is 9.84 Å². The number of β-amino-alcohol motifs (C(OH)–C–C–N with tert-alkyl or cyclic N) is 1. The number of likely N-dealkylation sites (tertiary alicyclic amines) is 1. The van der Waals surface area contributed by atoms with Crippen molar-refractivity contribution in [1.29, 1.82) is 0 Å². The second-order valence-electron chi connectivity index (χ2n) is 8.57. The third-order valence-corrected chi connectivity index (χ3v) is 6.18. The zero-order valence-electron chi connectivity index (χ0n) is 18.0. The van der Waals surface area contributed by atoms with Crippen LogP contribution in [0, 0.1) is 0 Å². The van der Waals surface area contributed by atoms with Gasteiger partial charge in [-0.15, -0.1) is 0 Å². The minimum Gasteiger partial charge on any atom is -0.491 e. The zero-order chi connectivity index (χ0) is 20.6. The summed E-state index contributed by atoms with van der Waals surface area (Å²) in [6, 6.07) is 19.0. The first-order chi connectivity index (χ1) is 14.8. The molecular weight excluding hydrogens is 374 g/mol. The second kappa shape index (κ2) is 10.8. The number of piperazine rings is 1. The van der Waals surface area contributed by atoms with Gasteiger partial charge in [0.1, 0.15) is 18.5 Å². The van der Waals surface area contributed by atoms with Gasteiger partial charge in [-0.25, -0.2) is 0 Å². The lowest BCUT2D eigenvalue weighted by Gasteiger charge is -2.36. The highest BCUT2D eigenvalue weighted by molar-refractivity contribution is 5.46. The van der Waals surface area contributed by atoms with Gasteiger partial charge in [-0.3, -0.25) is 4.90 Å². The molecule has 2 aromatic carbocycles. The summed E-state index contributed by atoms with van der Waals surface area (Å²) in [7, 11) is 0. The van der Waals surface area contributed by atoms with Gasteiger partial charge in [0.05, 0.1) is 0 Å². The second-order valence-corrected chi connectivity index (χ2v) is 8.57. The molecule has 2 fully saturated rings.